The third-order valence-electron chi connectivity index (χ3n) is 7.36. The average Bonchev–Trinajstić information content (AvgIpc) is 2.90. The predicted octanol–water partition coefficient (Wildman–Crippen LogP) is 8.37. The van der Waals surface area contributed by atoms with Gasteiger partial charge in [-0.3, -0.25) is 4.79 Å². The van der Waals surface area contributed by atoms with Gasteiger partial charge in [-0.1, -0.05) is 107 Å². The summed E-state index contributed by atoms with van der Waals surface area (Å²) in [6.07, 6.45) is 13.1. The van der Waals surface area contributed by atoms with Crippen molar-refractivity contribution >= 4 is 5.97 Å². The van der Waals surface area contributed by atoms with E-state index in [1.165, 1.54) is 62.5 Å². The molecule has 2 aromatic carbocycles. The van der Waals surface area contributed by atoms with Crippen LogP contribution in [0, 0.1) is 5.92 Å². The Morgan fingerprint density at radius 2 is 1.47 bits per heavy atom. The van der Waals surface area contributed by atoms with Crippen molar-refractivity contribution in [2.24, 2.45) is 5.92 Å². The van der Waals surface area contributed by atoms with E-state index in [1.807, 2.05) is 12.1 Å². The number of hydrogen-bond acceptors (Lipinski definition) is 3. The zero-order chi connectivity index (χ0) is 27.6. The molecular formula is C34H54NO3+. The van der Waals surface area contributed by atoms with Crippen LogP contribution in [0.5, 0.6) is 5.75 Å². The Bertz CT molecular complexity index is 896. The van der Waals surface area contributed by atoms with Gasteiger partial charge in [0.2, 0.25) is 0 Å². The van der Waals surface area contributed by atoms with Crippen LogP contribution in [-0.2, 0) is 22.5 Å². The second-order valence-electron chi connectivity index (χ2n) is 11.6. The molecule has 38 heavy (non-hydrogen) atoms. The fraction of sp³-hybridized carbons (Fsp3) is 0.618. The first-order chi connectivity index (χ1) is 18.3. The molecule has 0 heterocycles. The molecule has 0 spiro atoms. The Morgan fingerprint density at radius 3 is 2.16 bits per heavy atom. The minimum Gasteiger partial charge on any atom is -0.490 e. The topological polar surface area (TPSA) is 35.5 Å². The number of carbonyl (C=O) groups is 1. The number of nitrogens with zero attached hydrogens (tertiary/aromatic N) is 1. The van der Waals surface area contributed by atoms with Crippen molar-refractivity contribution in [2.45, 2.75) is 104 Å². The molecule has 0 bridgehead atoms. The molecule has 0 saturated carbocycles. The highest BCUT2D eigenvalue weighted by Gasteiger charge is 2.28. The minimum atomic E-state index is -0.0997. The zero-order valence-corrected chi connectivity index (χ0v) is 24.9. The van der Waals surface area contributed by atoms with Crippen molar-refractivity contribution < 1.29 is 18.8 Å². The second-order valence-corrected chi connectivity index (χ2v) is 11.6. The van der Waals surface area contributed by atoms with E-state index in [0.29, 0.717) is 13.0 Å². The molecule has 212 valence electrons. The van der Waals surface area contributed by atoms with E-state index in [1.54, 1.807) is 0 Å². The van der Waals surface area contributed by atoms with E-state index in [4.69, 9.17) is 9.47 Å². The number of carbonyl (C=O) groups excluding carboxylic acids is 1. The standard InChI is InChI=1S/C34H54NO3/c1-6-8-9-10-11-12-13-17-22-32-23-18-19-24-33(32)38-29(3)25-26-37-34(36)31(7-2)28-35(4,5)27-30-20-15-14-16-21-30/h14-16,18-21,23-24,29,31H,6-13,17,22,25-28H2,1-5H3/q+1. The molecule has 0 amide bonds. The van der Waals surface area contributed by atoms with E-state index in [0.717, 1.165) is 36.2 Å². The summed E-state index contributed by atoms with van der Waals surface area (Å²) in [6.45, 7) is 8.46. The van der Waals surface area contributed by atoms with Gasteiger partial charge in [0, 0.05) is 12.0 Å². The van der Waals surface area contributed by atoms with Crippen LogP contribution in [0.25, 0.3) is 0 Å². The molecule has 4 nitrogen and oxygen atoms in total. The Balaban J connectivity index is 1.72. The van der Waals surface area contributed by atoms with Crippen molar-refractivity contribution in [3.8, 4) is 5.75 Å². The lowest BCUT2D eigenvalue weighted by Gasteiger charge is -2.32. The fourth-order valence-electron chi connectivity index (χ4n) is 5.10. The molecule has 2 rings (SSSR count). The van der Waals surface area contributed by atoms with Gasteiger partial charge in [-0.05, 0) is 37.8 Å². The normalized spacial score (nSPS) is 13.2. The molecule has 2 unspecified atom stereocenters. The maximum absolute atomic E-state index is 12.9. The molecule has 0 N–H and O–H groups in total. The lowest BCUT2D eigenvalue weighted by Crippen LogP contribution is -2.44. The van der Waals surface area contributed by atoms with E-state index >= 15 is 0 Å². The lowest BCUT2D eigenvalue weighted by molar-refractivity contribution is -0.906. The number of para-hydroxylation sites is 1. The SMILES string of the molecule is CCCCCCCCCCc1ccccc1OC(C)CCOC(=O)C(CC)C[N+](C)(C)Cc1ccccc1. The third-order valence-corrected chi connectivity index (χ3v) is 7.36. The number of aryl methyl sites for hydroxylation is 1. The van der Waals surface area contributed by atoms with Crippen LogP contribution < -0.4 is 4.74 Å². The van der Waals surface area contributed by atoms with Gasteiger partial charge in [-0.15, -0.1) is 0 Å². The molecule has 0 fully saturated rings. The van der Waals surface area contributed by atoms with Crippen molar-refractivity contribution in [3.05, 3.63) is 65.7 Å². The quantitative estimate of drug-likeness (QED) is 0.0991. The summed E-state index contributed by atoms with van der Waals surface area (Å²) in [4.78, 5) is 12.9. The van der Waals surface area contributed by atoms with E-state index in [9.17, 15) is 4.79 Å². The van der Waals surface area contributed by atoms with E-state index < -0.39 is 0 Å². The highest BCUT2D eigenvalue weighted by molar-refractivity contribution is 5.72. The maximum atomic E-state index is 12.9. The zero-order valence-electron chi connectivity index (χ0n) is 24.9. The summed E-state index contributed by atoms with van der Waals surface area (Å²) in [6, 6.07) is 18.9. The van der Waals surface area contributed by atoms with Gasteiger partial charge in [0.15, 0.2) is 0 Å². The second kappa shape index (κ2) is 18.0. The third kappa shape index (κ3) is 13.0. The lowest BCUT2D eigenvalue weighted by atomic mass is 10.0. The molecular weight excluding hydrogens is 470 g/mol. The van der Waals surface area contributed by atoms with Crippen LogP contribution in [0.1, 0.15) is 96.1 Å². The molecule has 0 aliphatic carbocycles. The highest BCUT2D eigenvalue weighted by atomic mass is 16.5. The summed E-state index contributed by atoms with van der Waals surface area (Å²) in [5, 5.41) is 0. The number of unbranched alkanes of at least 4 members (excludes halogenated alkanes) is 7. The number of ether oxygens (including phenoxy) is 2. The smallest absolute Gasteiger partial charge is 0.314 e. The summed E-state index contributed by atoms with van der Waals surface area (Å²) < 4.78 is 12.8. The van der Waals surface area contributed by atoms with Crippen molar-refractivity contribution in [2.75, 3.05) is 27.2 Å². The number of hydrogen-bond donors (Lipinski definition) is 0. The van der Waals surface area contributed by atoms with Crippen molar-refractivity contribution in [3.63, 3.8) is 0 Å². The Morgan fingerprint density at radius 1 is 0.842 bits per heavy atom. The van der Waals surface area contributed by atoms with Gasteiger partial charge in [-0.25, -0.2) is 0 Å². The van der Waals surface area contributed by atoms with E-state index in [2.05, 4.69) is 77.3 Å². The van der Waals surface area contributed by atoms with Gasteiger partial charge in [0.1, 0.15) is 18.2 Å². The Hall–Kier alpha value is -2.33. The molecule has 2 aromatic rings. The summed E-state index contributed by atoms with van der Waals surface area (Å²) in [7, 11) is 4.37. The van der Waals surface area contributed by atoms with Gasteiger partial charge in [-0.2, -0.15) is 0 Å². The largest absolute Gasteiger partial charge is 0.490 e. The first-order valence-corrected chi connectivity index (χ1v) is 15.1. The monoisotopic (exact) mass is 524 g/mol. The molecule has 4 heteroatoms. The van der Waals surface area contributed by atoms with Crippen molar-refractivity contribution in [1.82, 2.24) is 0 Å². The first kappa shape index (κ1) is 31.9. The van der Waals surface area contributed by atoms with Crippen molar-refractivity contribution in [1.29, 1.82) is 0 Å². The number of rotatable bonds is 20. The van der Waals surface area contributed by atoms with Crippen LogP contribution >= 0.6 is 0 Å². The number of esters is 1. The van der Waals surface area contributed by atoms with Crippen LogP contribution in [0.2, 0.25) is 0 Å². The minimum absolute atomic E-state index is 0.00658. The summed E-state index contributed by atoms with van der Waals surface area (Å²) in [5.41, 5.74) is 2.57. The maximum Gasteiger partial charge on any atom is 0.314 e. The molecule has 0 aromatic heterocycles. The van der Waals surface area contributed by atoms with Crippen LogP contribution in [0.3, 0.4) is 0 Å². The molecule has 0 aliphatic rings. The van der Waals surface area contributed by atoms with Gasteiger partial charge in [0.25, 0.3) is 0 Å². The van der Waals surface area contributed by atoms with Crippen LogP contribution in [-0.4, -0.2) is 43.8 Å². The predicted molar refractivity (Wildman–Crippen MR) is 159 cm³/mol. The van der Waals surface area contributed by atoms with Gasteiger partial charge in [0.05, 0.1) is 33.4 Å². The highest BCUT2D eigenvalue weighted by Crippen LogP contribution is 2.23. The molecule has 0 radical (unpaired) electrons. The van der Waals surface area contributed by atoms with Gasteiger partial charge < -0.3 is 14.0 Å². The van der Waals surface area contributed by atoms with Crippen LogP contribution in [0.4, 0.5) is 0 Å². The summed E-state index contributed by atoms with van der Waals surface area (Å²) in [5.74, 6) is 0.784. The molecule has 0 aliphatic heterocycles. The molecule has 0 saturated heterocycles. The van der Waals surface area contributed by atoms with Gasteiger partial charge >= 0.3 is 5.97 Å². The Kier molecular flexibility index (Phi) is 15.1. The van der Waals surface area contributed by atoms with Crippen LogP contribution in [0.15, 0.2) is 54.6 Å². The fourth-order valence-corrected chi connectivity index (χ4v) is 5.10. The number of benzene rings is 2. The average molecular weight is 525 g/mol. The first-order valence-electron chi connectivity index (χ1n) is 15.1. The Labute approximate surface area is 233 Å². The van der Waals surface area contributed by atoms with E-state index in [-0.39, 0.29) is 18.0 Å². The summed E-state index contributed by atoms with van der Waals surface area (Å²) >= 11 is 0. The molecule has 2 atom stereocenters. The number of quaternary nitrogens is 1.